The highest BCUT2D eigenvalue weighted by Gasteiger charge is 2.24. The van der Waals surface area contributed by atoms with Gasteiger partial charge in [-0.25, -0.2) is 0 Å². The van der Waals surface area contributed by atoms with Gasteiger partial charge in [0.25, 0.3) is 11.6 Å². The molecule has 0 aliphatic carbocycles. The summed E-state index contributed by atoms with van der Waals surface area (Å²) < 4.78 is 5.03. The van der Waals surface area contributed by atoms with Gasteiger partial charge in [0.15, 0.2) is 0 Å². The molecule has 1 aromatic heterocycles. The zero-order valence-electron chi connectivity index (χ0n) is 12.1. The van der Waals surface area contributed by atoms with E-state index < -0.39 is 4.92 Å². The zero-order valence-corrected chi connectivity index (χ0v) is 12.9. The Morgan fingerprint density at radius 3 is 2.77 bits per heavy atom. The minimum Gasteiger partial charge on any atom is -0.383 e. The third kappa shape index (κ3) is 3.90. The number of rotatable bonds is 7. The molecule has 0 saturated heterocycles. The van der Waals surface area contributed by atoms with E-state index in [4.69, 9.17) is 4.74 Å². The molecule has 0 N–H and O–H groups in total. The van der Waals surface area contributed by atoms with Gasteiger partial charge in [0.05, 0.1) is 11.5 Å². The van der Waals surface area contributed by atoms with E-state index in [9.17, 15) is 14.9 Å². The molecule has 1 aromatic carbocycles. The van der Waals surface area contributed by atoms with Crippen LogP contribution in [0.2, 0.25) is 0 Å². The van der Waals surface area contributed by atoms with Crippen molar-refractivity contribution in [3.63, 3.8) is 0 Å². The van der Waals surface area contributed by atoms with Crippen LogP contribution >= 0.6 is 11.3 Å². The summed E-state index contributed by atoms with van der Waals surface area (Å²) in [5.74, 6) is -0.365. The van der Waals surface area contributed by atoms with Crippen molar-refractivity contribution in [3.8, 4) is 0 Å². The molecule has 22 heavy (non-hydrogen) atoms. The van der Waals surface area contributed by atoms with Crippen LogP contribution < -0.4 is 0 Å². The summed E-state index contributed by atoms with van der Waals surface area (Å²) in [4.78, 5) is 24.8. The van der Waals surface area contributed by atoms with Crippen LogP contribution in [0.15, 0.2) is 41.1 Å². The van der Waals surface area contributed by atoms with Gasteiger partial charge >= 0.3 is 0 Å². The van der Waals surface area contributed by atoms with Gasteiger partial charge in [0, 0.05) is 26.3 Å². The van der Waals surface area contributed by atoms with E-state index in [0.717, 1.165) is 5.56 Å². The number of nitro benzene ring substituents is 1. The fourth-order valence-corrected chi connectivity index (χ4v) is 2.70. The number of methoxy groups -OCH3 is 1. The first kappa shape index (κ1) is 16.1. The summed E-state index contributed by atoms with van der Waals surface area (Å²) in [7, 11) is 1.55. The molecule has 1 amide bonds. The summed E-state index contributed by atoms with van der Waals surface area (Å²) in [5, 5.41) is 15.0. The van der Waals surface area contributed by atoms with E-state index in [1.807, 2.05) is 16.8 Å². The number of thiophene rings is 1. The Morgan fingerprint density at radius 1 is 1.36 bits per heavy atom. The van der Waals surface area contributed by atoms with Gasteiger partial charge in [-0.05, 0) is 28.5 Å². The number of ether oxygens (including phenoxy) is 1. The Balaban J connectivity index is 2.26. The van der Waals surface area contributed by atoms with Gasteiger partial charge in [-0.2, -0.15) is 11.3 Å². The summed E-state index contributed by atoms with van der Waals surface area (Å²) in [6.07, 6.45) is 0. The van der Waals surface area contributed by atoms with Crippen molar-refractivity contribution in [3.05, 3.63) is 62.3 Å². The molecule has 0 aliphatic heterocycles. The van der Waals surface area contributed by atoms with Gasteiger partial charge in [-0.3, -0.25) is 14.9 Å². The standard InChI is InChI=1S/C15H16N2O4S/c1-21-8-7-16(10-12-6-9-22-11-12)15(18)13-4-2-3-5-14(13)17(19)20/h2-6,9,11H,7-8,10H2,1H3. The molecule has 0 atom stereocenters. The number of amides is 1. The highest BCUT2D eigenvalue weighted by molar-refractivity contribution is 7.07. The Hall–Kier alpha value is -2.25. The van der Waals surface area contributed by atoms with Crippen LogP contribution in [0, 0.1) is 10.1 Å². The van der Waals surface area contributed by atoms with Crippen LogP contribution in [0.5, 0.6) is 0 Å². The summed E-state index contributed by atoms with van der Waals surface area (Å²) >= 11 is 1.54. The molecule has 7 heteroatoms. The molecule has 0 saturated carbocycles. The van der Waals surface area contributed by atoms with E-state index in [1.54, 1.807) is 35.5 Å². The van der Waals surface area contributed by atoms with Gasteiger partial charge in [-0.15, -0.1) is 0 Å². The van der Waals surface area contributed by atoms with Crippen molar-refractivity contribution < 1.29 is 14.5 Å². The Bertz CT molecular complexity index is 643. The lowest BCUT2D eigenvalue weighted by Crippen LogP contribution is -2.33. The lowest BCUT2D eigenvalue weighted by Gasteiger charge is -2.22. The first-order valence-electron chi connectivity index (χ1n) is 6.66. The number of nitro groups is 1. The number of para-hydroxylation sites is 1. The smallest absolute Gasteiger partial charge is 0.282 e. The second-order valence-electron chi connectivity index (χ2n) is 4.63. The SMILES string of the molecule is COCCN(Cc1ccsc1)C(=O)c1ccccc1[N+](=O)[O-]. The number of hydrogen-bond donors (Lipinski definition) is 0. The summed E-state index contributed by atoms with van der Waals surface area (Å²) in [6, 6.07) is 7.92. The fraction of sp³-hybridized carbons (Fsp3) is 0.267. The van der Waals surface area contributed by atoms with Crippen LogP contribution in [0.3, 0.4) is 0 Å². The average molecular weight is 320 g/mol. The van der Waals surface area contributed by atoms with Crippen LogP contribution in [0.1, 0.15) is 15.9 Å². The molecule has 2 aromatic rings. The van der Waals surface area contributed by atoms with E-state index in [1.165, 1.54) is 12.1 Å². The van der Waals surface area contributed by atoms with E-state index in [0.29, 0.717) is 19.7 Å². The number of benzene rings is 1. The quantitative estimate of drug-likeness (QED) is 0.581. The number of hydrogen-bond acceptors (Lipinski definition) is 5. The maximum absolute atomic E-state index is 12.7. The molecule has 2 rings (SSSR count). The molecule has 116 valence electrons. The Labute approximate surface area is 132 Å². The van der Waals surface area contributed by atoms with Crippen molar-refractivity contribution in [2.75, 3.05) is 20.3 Å². The average Bonchev–Trinajstić information content (AvgIpc) is 3.03. The minimum absolute atomic E-state index is 0.0961. The van der Waals surface area contributed by atoms with Crippen LogP contribution in [0.25, 0.3) is 0 Å². The summed E-state index contributed by atoms with van der Waals surface area (Å²) in [6.45, 7) is 1.14. The van der Waals surface area contributed by atoms with E-state index in [-0.39, 0.29) is 17.2 Å². The summed E-state index contributed by atoms with van der Waals surface area (Å²) in [5.41, 5.74) is 0.909. The van der Waals surface area contributed by atoms with E-state index in [2.05, 4.69) is 0 Å². The van der Waals surface area contributed by atoms with Gasteiger partial charge < -0.3 is 9.64 Å². The second-order valence-corrected chi connectivity index (χ2v) is 5.41. The molecule has 6 nitrogen and oxygen atoms in total. The zero-order chi connectivity index (χ0) is 15.9. The van der Waals surface area contributed by atoms with Crippen molar-refractivity contribution in [1.29, 1.82) is 0 Å². The van der Waals surface area contributed by atoms with Gasteiger partial charge in [0.1, 0.15) is 5.56 Å². The molecule has 1 heterocycles. The second kappa shape index (κ2) is 7.67. The maximum atomic E-state index is 12.7. The largest absolute Gasteiger partial charge is 0.383 e. The van der Waals surface area contributed by atoms with Crippen molar-refractivity contribution in [2.24, 2.45) is 0 Å². The topological polar surface area (TPSA) is 72.7 Å². The van der Waals surface area contributed by atoms with Crippen molar-refractivity contribution >= 4 is 22.9 Å². The molecule has 0 bridgehead atoms. The monoisotopic (exact) mass is 320 g/mol. The minimum atomic E-state index is -0.535. The Morgan fingerprint density at radius 2 is 2.14 bits per heavy atom. The lowest BCUT2D eigenvalue weighted by molar-refractivity contribution is -0.385. The molecule has 0 fully saturated rings. The first-order chi connectivity index (χ1) is 10.6. The van der Waals surface area contributed by atoms with E-state index >= 15 is 0 Å². The van der Waals surface area contributed by atoms with Gasteiger partial charge in [0.2, 0.25) is 0 Å². The number of carbonyl (C=O) groups is 1. The first-order valence-corrected chi connectivity index (χ1v) is 7.60. The predicted molar refractivity (Wildman–Crippen MR) is 84.0 cm³/mol. The van der Waals surface area contributed by atoms with Crippen LogP contribution in [-0.4, -0.2) is 36.0 Å². The maximum Gasteiger partial charge on any atom is 0.282 e. The molecule has 0 spiro atoms. The third-order valence-electron chi connectivity index (χ3n) is 3.14. The highest BCUT2D eigenvalue weighted by atomic mass is 32.1. The molecule has 0 aliphatic rings. The molecule has 0 unspecified atom stereocenters. The molecular weight excluding hydrogens is 304 g/mol. The predicted octanol–water partition coefficient (Wildman–Crippen LogP) is 2.95. The molecular formula is C15H16N2O4S. The van der Waals surface area contributed by atoms with Gasteiger partial charge in [-0.1, -0.05) is 12.1 Å². The highest BCUT2D eigenvalue weighted by Crippen LogP contribution is 2.21. The van der Waals surface area contributed by atoms with Crippen molar-refractivity contribution in [2.45, 2.75) is 6.54 Å². The van der Waals surface area contributed by atoms with Crippen LogP contribution in [0.4, 0.5) is 5.69 Å². The number of carbonyl (C=O) groups excluding carboxylic acids is 1. The Kier molecular flexibility index (Phi) is 5.62. The van der Waals surface area contributed by atoms with Crippen LogP contribution in [-0.2, 0) is 11.3 Å². The fourth-order valence-electron chi connectivity index (χ4n) is 2.04. The molecule has 0 radical (unpaired) electrons. The third-order valence-corrected chi connectivity index (χ3v) is 3.87. The number of nitrogens with zero attached hydrogens (tertiary/aromatic N) is 2. The van der Waals surface area contributed by atoms with Crippen molar-refractivity contribution in [1.82, 2.24) is 4.90 Å². The normalized spacial score (nSPS) is 10.4. The lowest BCUT2D eigenvalue weighted by atomic mass is 10.1.